The predicted octanol–water partition coefficient (Wildman–Crippen LogP) is 4.35. The molecule has 6 N–H and O–H groups in total. The summed E-state index contributed by atoms with van der Waals surface area (Å²) in [7, 11) is 27.0. The molecule has 0 rings (SSSR count). The van der Waals surface area contributed by atoms with Gasteiger partial charge in [0.05, 0.1) is 33.6 Å². The third-order valence-corrected chi connectivity index (χ3v) is 0.730. The summed E-state index contributed by atoms with van der Waals surface area (Å²) in [5.41, 5.74) is -3.00. The van der Waals surface area contributed by atoms with E-state index in [0.717, 1.165) is 0 Å². The van der Waals surface area contributed by atoms with E-state index in [0.29, 0.717) is 0 Å². The SMILES string of the molecule is CC(C)(C)O.CC(C)(C)O.CC(C)(C)O.CC(C)(C)O.CC(C)(C)O.CC(C)(C)O.C[N-]/C=C\[N-]C.C[N-]C=C[N-]C.[Cl][Hf]([Cl])([Cl])[Cl].[Hf].[Hf].[Li+].[Li+]. The van der Waals surface area contributed by atoms with Crippen LogP contribution in [0.25, 0.3) is 21.3 Å². The van der Waals surface area contributed by atoms with Crippen LogP contribution in [0.5, 0.6) is 0 Å². The molecule has 0 heterocycles. The van der Waals surface area contributed by atoms with Gasteiger partial charge in [-0.1, -0.05) is 0 Å². The van der Waals surface area contributed by atoms with Crippen molar-refractivity contribution >= 4 is 34.3 Å². The van der Waals surface area contributed by atoms with Gasteiger partial charge in [0.15, 0.2) is 0 Å². The van der Waals surface area contributed by atoms with Gasteiger partial charge < -0.3 is 51.9 Å². The third kappa shape index (κ3) is 1600. The molecule has 0 saturated heterocycles. The standard InChI is InChI=1S/2C4H8N2.6C4H10O.4ClH.3Hf.2Li/c2*1-5-3-4-6-2;6*1-4(2,3)5;;;;;;;;;/h2*3-4H,1-2H3;6*5H,1-3H3;4*1H;;;;;/q2*-2;;;;;;;;;;;;;+4;2*+1/p-4/b4-3-;;;;;;;;;;;;;;;;. The quantitative estimate of drug-likeness (QED) is 0.228. The Morgan fingerprint density at radius 2 is 0.373 bits per heavy atom. The van der Waals surface area contributed by atoms with Crippen molar-refractivity contribution in [2.45, 2.75) is 158 Å². The fourth-order valence-electron chi connectivity index (χ4n) is 0.267. The zero-order valence-electron chi connectivity index (χ0n) is 36.8. The molecule has 304 valence electrons. The van der Waals surface area contributed by atoms with E-state index in [1.165, 1.54) is 0 Å². The van der Waals surface area contributed by atoms with Crippen molar-refractivity contribution in [2.24, 2.45) is 0 Å². The van der Waals surface area contributed by atoms with E-state index in [4.69, 9.17) is 64.9 Å². The molecule has 0 aliphatic carbocycles. The van der Waals surface area contributed by atoms with Crippen LogP contribution in [0.1, 0.15) is 125 Å². The van der Waals surface area contributed by atoms with Gasteiger partial charge in [-0.15, -0.1) is 28.2 Å². The van der Waals surface area contributed by atoms with Crippen molar-refractivity contribution in [3.8, 4) is 0 Å². The number of nitrogens with zero attached hydrogens (tertiary/aromatic N) is 4. The molecule has 10 nitrogen and oxygen atoms in total. The van der Waals surface area contributed by atoms with Gasteiger partial charge in [0.2, 0.25) is 0 Å². The molecule has 0 fully saturated rings. The Labute approximate surface area is 397 Å². The molecule has 19 heteroatoms. The van der Waals surface area contributed by atoms with Gasteiger partial charge in [0, 0.05) is 51.7 Å². The van der Waals surface area contributed by atoms with Gasteiger partial charge >= 0.3 is 87.3 Å². The largest absolute Gasteiger partial charge is 1.00 e. The van der Waals surface area contributed by atoms with Gasteiger partial charge in [0.25, 0.3) is 0 Å². The van der Waals surface area contributed by atoms with E-state index >= 15 is 0 Å². The van der Waals surface area contributed by atoms with Crippen molar-refractivity contribution in [1.82, 2.24) is 0 Å². The maximum absolute atomic E-state index is 8.52. The minimum atomic E-state index is -3.39. The number of aliphatic hydroxyl groups is 6. The van der Waals surface area contributed by atoms with Crippen LogP contribution in [0, 0.1) is 0 Å². The smallest absolute Gasteiger partial charge is 0 e. The van der Waals surface area contributed by atoms with Crippen LogP contribution in [0.15, 0.2) is 24.8 Å². The maximum atomic E-state index is 8.52. The Hall–Kier alpha value is 3.41. The summed E-state index contributed by atoms with van der Waals surface area (Å²) < 4.78 is 0. The molecule has 0 spiro atoms. The van der Waals surface area contributed by atoms with Crippen molar-refractivity contribution in [1.29, 1.82) is 0 Å². The second-order valence-electron chi connectivity index (χ2n) is 15.1. The van der Waals surface area contributed by atoms with Crippen molar-refractivity contribution in [3.05, 3.63) is 46.1 Å². The molecule has 0 aliphatic heterocycles. The molecule has 0 unspecified atom stereocenters. The van der Waals surface area contributed by atoms with Gasteiger partial charge in [-0.2, -0.15) is 0 Å². The summed E-state index contributed by atoms with van der Waals surface area (Å²) in [6, 6.07) is 0. The topological polar surface area (TPSA) is 178 Å². The Bertz CT molecular complexity index is 481. The molecule has 0 saturated carbocycles. The van der Waals surface area contributed by atoms with E-state index in [-0.39, 0.29) is 89.4 Å². The Kier molecular flexibility index (Phi) is 91.3. The summed E-state index contributed by atoms with van der Waals surface area (Å²) in [5, 5.41) is 65.7. The molecule has 0 aromatic carbocycles. The second kappa shape index (κ2) is 51.4. The van der Waals surface area contributed by atoms with Crippen LogP contribution in [0.2, 0.25) is 0 Å². The maximum Gasteiger partial charge on any atom is 1.00 e. The van der Waals surface area contributed by atoms with Crippen LogP contribution < -0.4 is 37.7 Å². The first-order chi connectivity index (χ1) is 19.8. The van der Waals surface area contributed by atoms with E-state index in [1.807, 2.05) is 0 Å². The fraction of sp³-hybridized carbons (Fsp3) is 0.875. The van der Waals surface area contributed by atoms with Crippen LogP contribution in [0.4, 0.5) is 0 Å². The van der Waals surface area contributed by atoms with E-state index in [9.17, 15) is 0 Å². The Morgan fingerprint density at radius 1 is 0.333 bits per heavy atom. The van der Waals surface area contributed by atoms with Crippen molar-refractivity contribution < 1.29 is 135 Å². The van der Waals surface area contributed by atoms with Gasteiger partial charge in [-0.05, 0) is 125 Å². The van der Waals surface area contributed by atoms with E-state index < -0.39 is 48.8 Å². The van der Waals surface area contributed by atoms with Crippen LogP contribution in [-0.2, 0) is 66.9 Å². The molecular weight excluding hydrogens is 1230 g/mol. The average Bonchev–Trinajstić information content (AvgIpc) is 2.62. The number of hydrogen-bond acceptors (Lipinski definition) is 6. The zero-order valence-corrected chi connectivity index (χ0v) is 50.6. The minimum absolute atomic E-state index is 0. The fourth-order valence-corrected chi connectivity index (χ4v) is 0.267. The summed E-state index contributed by atoms with van der Waals surface area (Å²) in [5.74, 6) is 0. The normalized spacial score (nSPS) is 10.4. The molecule has 0 atom stereocenters. The summed E-state index contributed by atoms with van der Waals surface area (Å²) >= 11 is -3.39. The van der Waals surface area contributed by atoms with Gasteiger partial charge in [0.1, 0.15) is 0 Å². The van der Waals surface area contributed by atoms with Crippen molar-refractivity contribution in [2.75, 3.05) is 28.2 Å². The van der Waals surface area contributed by atoms with E-state index in [2.05, 4.69) is 21.3 Å². The molecule has 0 aromatic heterocycles. The van der Waals surface area contributed by atoms with Crippen LogP contribution in [0.3, 0.4) is 0 Å². The predicted molar refractivity (Wildman–Crippen MR) is 211 cm³/mol. The molecule has 0 radical (unpaired) electrons. The molecule has 0 amide bonds. The Morgan fingerprint density at radius 3 is 0.392 bits per heavy atom. The number of rotatable bonds is 4. The summed E-state index contributed by atoms with van der Waals surface area (Å²) in [6.07, 6.45) is 6.56. The molecule has 0 bridgehead atoms. The molecular formula is C32H76Cl4Hf3Li2N4O6-2. The molecule has 51 heavy (non-hydrogen) atoms. The first-order valence-electron chi connectivity index (χ1n) is 14.6. The summed E-state index contributed by atoms with van der Waals surface area (Å²) in [4.78, 5) is 0. The average molecular weight is 1300 g/mol. The third-order valence-electron chi connectivity index (χ3n) is 0.730. The minimum Gasteiger partial charge on any atom is 0 e. The van der Waals surface area contributed by atoms with Gasteiger partial charge in [-0.25, -0.2) is 24.8 Å². The number of halogens is 4. The van der Waals surface area contributed by atoms with Crippen molar-refractivity contribution in [3.63, 3.8) is 0 Å². The molecule has 0 aromatic rings. The zero-order chi connectivity index (χ0) is 41.2. The van der Waals surface area contributed by atoms with Gasteiger partial charge in [-0.3, -0.25) is 0 Å². The molecule has 0 aliphatic rings. The Balaban J connectivity index is -0.0000000287. The number of hydrogen-bond donors (Lipinski definition) is 6. The first kappa shape index (κ1) is 90.5. The first-order valence-corrected chi connectivity index (χ1v) is 32.4. The second-order valence-corrected chi connectivity index (χ2v) is 46.2. The summed E-state index contributed by atoms with van der Waals surface area (Å²) in [6.45, 7) is 31.4. The van der Waals surface area contributed by atoms with E-state index in [1.54, 1.807) is 178 Å². The van der Waals surface area contributed by atoms with Crippen LogP contribution in [-0.4, -0.2) is 92.4 Å². The monoisotopic (exact) mass is 1310 g/mol. The van der Waals surface area contributed by atoms with Crippen LogP contribution >= 0.6 is 34.3 Å².